The van der Waals surface area contributed by atoms with Crippen LogP contribution in [-0.4, -0.2) is 15.8 Å². The molecule has 0 unspecified atom stereocenters. The first kappa shape index (κ1) is 12.9. The number of benzene rings is 1. The molecule has 0 fully saturated rings. The first-order valence-electron chi connectivity index (χ1n) is 5.89. The molecule has 1 heterocycles. The molecule has 0 aliphatic heterocycles. The molecule has 0 radical (unpaired) electrons. The van der Waals surface area contributed by atoms with Gasteiger partial charge in [-0.1, -0.05) is 12.1 Å². The van der Waals surface area contributed by atoms with Gasteiger partial charge in [-0.15, -0.1) is 11.8 Å². The quantitative estimate of drug-likeness (QED) is 0.609. The fourth-order valence-electron chi connectivity index (χ4n) is 1.71. The third-order valence-electron chi connectivity index (χ3n) is 2.71. The van der Waals surface area contributed by atoms with Crippen LogP contribution in [0.5, 0.6) is 0 Å². The van der Waals surface area contributed by atoms with Crippen LogP contribution in [0.3, 0.4) is 0 Å². The standard InChI is InChI=1S/C14H16N2OS/c1-11(2)16-10-15-7-13(16)9-18-14-5-3-12(8-17)4-6-14/h3-8,10-11H,9H2,1-2H3. The van der Waals surface area contributed by atoms with Crippen LogP contribution >= 0.6 is 11.8 Å². The highest BCUT2D eigenvalue weighted by Crippen LogP contribution is 2.23. The highest BCUT2D eigenvalue weighted by molar-refractivity contribution is 7.98. The third-order valence-corrected chi connectivity index (χ3v) is 3.75. The lowest BCUT2D eigenvalue weighted by Gasteiger charge is -2.11. The molecule has 1 aromatic heterocycles. The van der Waals surface area contributed by atoms with Crippen LogP contribution in [0, 0.1) is 0 Å². The molecule has 0 N–H and O–H groups in total. The fourth-order valence-corrected chi connectivity index (χ4v) is 2.58. The fraction of sp³-hybridized carbons (Fsp3) is 0.286. The van der Waals surface area contributed by atoms with Crippen LogP contribution in [0.25, 0.3) is 0 Å². The highest BCUT2D eigenvalue weighted by Gasteiger charge is 2.05. The molecular weight excluding hydrogens is 244 g/mol. The molecule has 0 saturated heterocycles. The summed E-state index contributed by atoms with van der Waals surface area (Å²) in [6.45, 7) is 4.30. The van der Waals surface area contributed by atoms with E-state index in [2.05, 4.69) is 23.4 Å². The third kappa shape index (κ3) is 3.01. The van der Waals surface area contributed by atoms with E-state index >= 15 is 0 Å². The lowest BCUT2D eigenvalue weighted by Crippen LogP contribution is -2.02. The molecule has 0 atom stereocenters. The topological polar surface area (TPSA) is 34.9 Å². The van der Waals surface area contributed by atoms with Gasteiger partial charge in [0.05, 0.1) is 6.33 Å². The van der Waals surface area contributed by atoms with Crippen molar-refractivity contribution >= 4 is 18.0 Å². The van der Waals surface area contributed by atoms with Gasteiger partial charge in [0, 0.05) is 34.1 Å². The maximum atomic E-state index is 10.6. The number of thioether (sulfide) groups is 1. The number of aldehydes is 1. The molecule has 0 saturated carbocycles. The van der Waals surface area contributed by atoms with Crippen molar-refractivity contribution in [1.29, 1.82) is 0 Å². The number of hydrogen-bond acceptors (Lipinski definition) is 3. The number of hydrogen-bond donors (Lipinski definition) is 0. The Balaban J connectivity index is 2.02. The Morgan fingerprint density at radius 1 is 1.33 bits per heavy atom. The van der Waals surface area contributed by atoms with Crippen molar-refractivity contribution in [1.82, 2.24) is 9.55 Å². The zero-order valence-electron chi connectivity index (χ0n) is 10.5. The molecule has 0 aliphatic carbocycles. The smallest absolute Gasteiger partial charge is 0.150 e. The van der Waals surface area contributed by atoms with Crippen LogP contribution in [0.15, 0.2) is 41.7 Å². The van der Waals surface area contributed by atoms with E-state index in [1.807, 2.05) is 36.8 Å². The van der Waals surface area contributed by atoms with Crippen LogP contribution in [0.1, 0.15) is 35.9 Å². The summed E-state index contributed by atoms with van der Waals surface area (Å²) in [5.74, 6) is 0.888. The maximum Gasteiger partial charge on any atom is 0.150 e. The van der Waals surface area contributed by atoms with Crippen molar-refractivity contribution in [2.45, 2.75) is 30.5 Å². The zero-order valence-corrected chi connectivity index (χ0v) is 11.4. The van der Waals surface area contributed by atoms with Crippen molar-refractivity contribution in [3.8, 4) is 0 Å². The Morgan fingerprint density at radius 2 is 2.06 bits per heavy atom. The number of rotatable bonds is 5. The lowest BCUT2D eigenvalue weighted by molar-refractivity contribution is 0.112. The minimum atomic E-state index is 0.431. The van der Waals surface area contributed by atoms with Gasteiger partial charge in [0.1, 0.15) is 6.29 Å². The van der Waals surface area contributed by atoms with Gasteiger partial charge in [-0.3, -0.25) is 4.79 Å². The Morgan fingerprint density at radius 3 is 2.67 bits per heavy atom. The van der Waals surface area contributed by atoms with Crippen molar-refractivity contribution < 1.29 is 4.79 Å². The van der Waals surface area contributed by atoms with E-state index < -0.39 is 0 Å². The van der Waals surface area contributed by atoms with E-state index in [1.54, 1.807) is 11.8 Å². The van der Waals surface area contributed by atoms with Gasteiger partial charge >= 0.3 is 0 Å². The summed E-state index contributed by atoms with van der Waals surface area (Å²) in [6.07, 6.45) is 4.64. The minimum absolute atomic E-state index is 0.431. The molecule has 0 aliphatic rings. The minimum Gasteiger partial charge on any atom is -0.331 e. The monoisotopic (exact) mass is 260 g/mol. The number of nitrogens with zero attached hydrogens (tertiary/aromatic N) is 2. The Labute approximate surface area is 111 Å². The van der Waals surface area contributed by atoms with Gasteiger partial charge in [-0.2, -0.15) is 0 Å². The van der Waals surface area contributed by atoms with E-state index in [0.717, 1.165) is 16.9 Å². The van der Waals surface area contributed by atoms with E-state index in [-0.39, 0.29) is 0 Å². The molecule has 0 spiro atoms. The van der Waals surface area contributed by atoms with Gasteiger partial charge in [0.25, 0.3) is 0 Å². The molecule has 0 amide bonds. The second kappa shape index (κ2) is 5.87. The molecule has 3 nitrogen and oxygen atoms in total. The Kier molecular flexibility index (Phi) is 4.20. The Hall–Kier alpha value is -1.55. The van der Waals surface area contributed by atoms with Crippen LogP contribution in [0.4, 0.5) is 0 Å². The average molecular weight is 260 g/mol. The summed E-state index contributed by atoms with van der Waals surface area (Å²) in [6, 6.07) is 8.07. The van der Waals surface area contributed by atoms with Crippen molar-refractivity contribution in [3.63, 3.8) is 0 Å². The second-order valence-electron chi connectivity index (χ2n) is 4.36. The summed E-state index contributed by atoms with van der Waals surface area (Å²) >= 11 is 1.75. The van der Waals surface area contributed by atoms with Crippen molar-refractivity contribution in [2.24, 2.45) is 0 Å². The molecule has 4 heteroatoms. The Bertz CT molecular complexity index is 517. The lowest BCUT2D eigenvalue weighted by atomic mass is 10.2. The average Bonchev–Trinajstić information content (AvgIpc) is 2.85. The molecular formula is C14H16N2OS. The van der Waals surface area contributed by atoms with Crippen molar-refractivity contribution in [3.05, 3.63) is 48.0 Å². The van der Waals surface area contributed by atoms with Crippen LogP contribution in [-0.2, 0) is 5.75 Å². The largest absolute Gasteiger partial charge is 0.331 e. The number of carbonyl (C=O) groups is 1. The summed E-state index contributed by atoms with van der Waals surface area (Å²) in [5, 5.41) is 0. The van der Waals surface area contributed by atoms with Crippen LogP contribution in [0.2, 0.25) is 0 Å². The van der Waals surface area contributed by atoms with E-state index in [4.69, 9.17) is 0 Å². The normalized spacial score (nSPS) is 10.8. The van der Waals surface area contributed by atoms with E-state index in [9.17, 15) is 4.79 Å². The maximum absolute atomic E-state index is 10.6. The second-order valence-corrected chi connectivity index (χ2v) is 5.41. The van der Waals surface area contributed by atoms with Crippen LogP contribution < -0.4 is 0 Å². The molecule has 1 aromatic carbocycles. The number of aromatic nitrogens is 2. The van der Waals surface area contributed by atoms with Gasteiger partial charge in [0.2, 0.25) is 0 Å². The molecule has 2 rings (SSSR count). The predicted molar refractivity (Wildman–Crippen MR) is 74.0 cm³/mol. The number of imidazole rings is 1. The van der Waals surface area contributed by atoms with Crippen molar-refractivity contribution in [2.75, 3.05) is 0 Å². The molecule has 18 heavy (non-hydrogen) atoms. The SMILES string of the molecule is CC(C)n1cncc1CSc1ccc(C=O)cc1. The van der Waals surface area contributed by atoms with E-state index in [0.29, 0.717) is 11.6 Å². The molecule has 2 aromatic rings. The van der Waals surface area contributed by atoms with E-state index in [1.165, 1.54) is 5.69 Å². The van der Waals surface area contributed by atoms with Gasteiger partial charge < -0.3 is 4.57 Å². The summed E-state index contributed by atoms with van der Waals surface area (Å²) in [5.41, 5.74) is 1.93. The van der Waals surface area contributed by atoms with Gasteiger partial charge in [0.15, 0.2) is 0 Å². The summed E-state index contributed by atoms with van der Waals surface area (Å²) < 4.78 is 2.17. The summed E-state index contributed by atoms with van der Waals surface area (Å²) in [4.78, 5) is 15.9. The van der Waals surface area contributed by atoms with Gasteiger partial charge in [-0.25, -0.2) is 4.98 Å². The highest BCUT2D eigenvalue weighted by atomic mass is 32.2. The zero-order chi connectivity index (χ0) is 13.0. The first-order valence-corrected chi connectivity index (χ1v) is 6.88. The number of carbonyl (C=O) groups excluding carboxylic acids is 1. The van der Waals surface area contributed by atoms with Gasteiger partial charge in [-0.05, 0) is 26.0 Å². The first-order chi connectivity index (χ1) is 8.70. The predicted octanol–water partition coefficient (Wildman–Crippen LogP) is 3.57. The molecule has 94 valence electrons. The molecule has 0 bridgehead atoms. The summed E-state index contributed by atoms with van der Waals surface area (Å²) in [7, 11) is 0.